The minimum Gasteiger partial charge on any atom is -0.497 e. The second kappa shape index (κ2) is 7.61. The number of methoxy groups -OCH3 is 2. The van der Waals surface area contributed by atoms with Gasteiger partial charge in [-0.2, -0.15) is 0 Å². The molecule has 0 saturated carbocycles. The molecule has 0 bridgehead atoms. The van der Waals surface area contributed by atoms with Crippen molar-refractivity contribution in [3.63, 3.8) is 0 Å². The number of fused-ring (bicyclic) bond motifs is 1. The Balaban J connectivity index is 1.46. The van der Waals surface area contributed by atoms with Gasteiger partial charge in [-0.15, -0.1) is 0 Å². The van der Waals surface area contributed by atoms with Crippen LogP contribution in [0.25, 0.3) is 11.0 Å². The summed E-state index contributed by atoms with van der Waals surface area (Å²) in [5.41, 5.74) is 4.79. The Morgan fingerprint density at radius 3 is 2.59 bits per heavy atom. The normalized spacial score (nSPS) is 16.0. The third-order valence-corrected chi connectivity index (χ3v) is 5.67. The van der Waals surface area contributed by atoms with Gasteiger partial charge in [-0.3, -0.25) is 4.90 Å². The van der Waals surface area contributed by atoms with Crippen molar-refractivity contribution < 1.29 is 9.47 Å². The molecule has 1 aromatic heterocycles. The predicted octanol–water partition coefficient (Wildman–Crippen LogP) is 4.20. The van der Waals surface area contributed by atoms with E-state index in [1.807, 2.05) is 18.5 Å². The fourth-order valence-electron chi connectivity index (χ4n) is 4.10. The number of hydrogen-bond donors (Lipinski definition) is 0. The summed E-state index contributed by atoms with van der Waals surface area (Å²) in [6.45, 7) is 5.19. The fraction of sp³-hybridized carbons (Fsp3) is 0.409. The maximum absolute atomic E-state index is 5.62. The number of nitrogens with zero attached hydrogens (tertiary/aromatic N) is 3. The van der Waals surface area contributed by atoms with Crippen LogP contribution in [0.3, 0.4) is 0 Å². The number of benzene rings is 2. The van der Waals surface area contributed by atoms with Gasteiger partial charge in [0, 0.05) is 37.3 Å². The Bertz CT molecular complexity index is 926. The van der Waals surface area contributed by atoms with Crippen molar-refractivity contribution in [1.29, 1.82) is 0 Å². The SMILES string of the molecule is COc1cc(C)c(CN2CCC(n3cnc4ccccc43)CC2)c(OC)c1. The number of hydrogen-bond acceptors (Lipinski definition) is 4. The molecule has 1 aliphatic rings. The molecule has 2 heterocycles. The van der Waals surface area contributed by atoms with E-state index in [0.29, 0.717) is 6.04 Å². The highest BCUT2D eigenvalue weighted by molar-refractivity contribution is 5.75. The second-order valence-corrected chi connectivity index (χ2v) is 7.27. The summed E-state index contributed by atoms with van der Waals surface area (Å²) in [5, 5.41) is 0. The summed E-state index contributed by atoms with van der Waals surface area (Å²) in [7, 11) is 3.42. The molecule has 1 saturated heterocycles. The minimum absolute atomic E-state index is 0.521. The van der Waals surface area contributed by atoms with Crippen molar-refractivity contribution in [3.8, 4) is 11.5 Å². The van der Waals surface area contributed by atoms with Crippen LogP contribution >= 0.6 is 0 Å². The Morgan fingerprint density at radius 1 is 1.07 bits per heavy atom. The zero-order valence-electron chi connectivity index (χ0n) is 16.3. The highest BCUT2D eigenvalue weighted by Gasteiger charge is 2.23. The van der Waals surface area contributed by atoms with Crippen LogP contribution in [0.5, 0.6) is 11.5 Å². The lowest BCUT2D eigenvalue weighted by Crippen LogP contribution is -2.34. The summed E-state index contributed by atoms with van der Waals surface area (Å²) >= 11 is 0. The average Bonchev–Trinajstić information content (AvgIpc) is 3.14. The summed E-state index contributed by atoms with van der Waals surface area (Å²) in [6, 6.07) is 13.0. The molecule has 3 aromatic rings. The highest BCUT2D eigenvalue weighted by atomic mass is 16.5. The Hall–Kier alpha value is -2.53. The van der Waals surface area contributed by atoms with E-state index in [-0.39, 0.29) is 0 Å². The summed E-state index contributed by atoms with van der Waals surface area (Å²) < 4.78 is 13.3. The highest BCUT2D eigenvalue weighted by Crippen LogP contribution is 2.32. The Morgan fingerprint density at radius 2 is 1.85 bits per heavy atom. The smallest absolute Gasteiger partial charge is 0.127 e. The fourth-order valence-corrected chi connectivity index (χ4v) is 4.10. The number of imidazole rings is 1. The molecule has 0 atom stereocenters. The molecule has 0 unspecified atom stereocenters. The second-order valence-electron chi connectivity index (χ2n) is 7.27. The number of piperidine rings is 1. The zero-order chi connectivity index (χ0) is 18.8. The van der Waals surface area contributed by atoms with E-state index in [4.69, 9.17) is 9.47 Å². The minimum atomic E-state index is 0.521. The van der Waals surface area contributed by atoms with Crippen LogP contribution < -0.4 is 9.47 Å². The van der Waals surface area contributed by atoms with Crippen LogP contribution in [0.4, 0.5) is 0 Å². The first kappa shape index (κ1) is 17.9. The number of para-hydroxylation sites is 2. The van der Waals surface area contributed by atoms with Crippen molar-refractivity contribution >= 4 is 11.0 Å². The van der Waals surface area contributed by atoms with Gasteiger partial charge in [-0.1, -0.05) is 12.1 Å². The Labute approximate surface area is 160 Å². The number of aromatic nitrogens is 2. The molecule has 4 rings (SSSR count). The van der Waals surface area contributed by atoms with Gasteiger partial charge in [0.25, 0.3) is 0 Å². The monoisotopic (exact) mass is 365 g/mol. The van der Waals surface area contributed by atoms with Crippen LogP contribution in [-0.4, -0.2) is 41.8 Å². The van der Waals surface area contributed by atoms with E-state index in [1.165, 1.54) is 16.6 Å². The van der Waals surface area contributed by atoms with Gasteiger partial charge in [0.1, 0.15) is 11.5 Å². The molecule has 0 aliphatic carbocycles. The van der Waals surface area contributed by atoms with Gasteiger partial charge in [0.15, 0.2) is 0 Å². The molecule has 1 aliphatic heterocycles. The number of rotatable bonds is 5. The Kier molecular flexibility index (Phi) is 5.03. The number of aryl methyl sites for hydroxylation is 1. The topological polar surface area (TPSA) is 39.5 Å². The van der Waals surface area contributed by atoms with Crippen molar-refractivity contribution in [3.05, 3.63) is 53.9 Å². The summed E-state index contributed by atoms with van der Waals surface area (Å²) in [6.07, 6.45) is 4.28. The molecule has 5 nitrogen and oxygen atoms in total. The van der Waals surface area contributed by atoms with Gasteiger partial charge in [-0.25, -0.2) is 4.98 Å². The molecular weight excluding hydrogens is 338 g/mol. The van der Waals surface area contributed by atoms with E-state index in [0.717, 1.165) is 49.5 Å². The molecule has 0 amide bonds. The summed E-state index contributed by atoms with van der Waals surface area (Å²) in [5.74, 6) is 1.76. The van der Waals surface area contributed by atoms with Crippen molar-refractivity contribution in [2.24, 2.45) is 0 Å². The van der Waals surface area contributed by atoms with Crippen molar-refractivity contribution in [2.75, 3.05) is 27.3 Å². The zero-order valence-corrected chi connectivity index (χ0v) is 16.3. The first-order valence-corrected chi connectivity index (χ1v) is 9.55. The van der Waals surface area contributed by atoms with E-state index < -0.39 is 0 Å². The van der Waals surface area contributed by atoms with Crippen LogP contribution in [-0.2, 0) is 6.54 Å². The lowest BCUT2D eigenvalue weighted by molar-refractivity contribution is 0.179. The lowest BCUT2D eigenvalue weighted by Gasteiger charge is -2.33. The van der Waals surface area contributed by atoms with Gasteiger partial charge in [0.2, 0.25) is 0 Å². The van der Waals surface area contributed by atoms with Gasteiger partial charge >= 0.3 is 0 Å². The van der Waals surface area contributed by atoms with Crippen LogP contribution in [0, 0.1) is 6.92 Å². The third kappa shape index (κ3) is 3.52. The third-order valence-electron chi connectivity index (χ3n) is 5.67. The first-order valence-electron chi connectivity index (χ1n) is 9.55. The van der Waals surface area contributed by atoms with E-state index in [9.17, 15) is 0 Å². The van der Waals surface area contributed by atoms with Crippen molar-refractivity contribution in [1.82, 2.24) is 14.5 Å². The van der Waals surface area contributed by atoms with E-state index >= 15 is 0 Å². The van der Waals surface area contributed by atoms with Gasteiger partial charge in [-0.05, 0) is 43.5 Å². The quantitative estimate of drug-likeness (QED) is 0.679. The first-order chi connectivity index (χ1) is 13.2. The van der Waals surface area contributed by atoms with Crippen LogP contribution in [0.2, 0.25) is 0 Å². The average molecular weight is 365 g/mol. The molecular formula is C22H27N3O2. The molecule has 1 fully saturated rings. The molecule has 5 heteroatoms. The molecule has 0 N–H and O–H groups in total. The number of ether oxygens (including phenoxy) is 2. The maximum Gasteiger partial charge on any atom is 0.127 e. The standard InChI is InChI=1S/C22H27N3O2/c1-16-12-18(26-2)13-22(27-3)19(16)14-24-10-8-17(9-11-24)25-15-23-20-6-4-5-7-21(20)25/h4-7,12-13,15,17H,8-11,14H2,1-3H3. The van der Waals surface area contributed by atoms with Gasteiger partial charge in [0.05, 0.1) is 31.6 Å². The maximum atomic E-state index is 5.62. The van der Waals surface area contributed by atoms with Crippen LogP contribution in [0.15, 0.2) is 42.7 Å². The molecule has 142 valence electrons. The van der Waals surface area contributed by atoms with Crippen LogP contribution in [0.1, 0.15) is 30.0 Å². The van der Waals surface area contributed by atoms with E-state index in [1.54, 1.807) is 14.2 Å². The predicted molar refractivity (Wildman–Crippen MR) is 108 cm³/mol. The molecule has 0 radical (unpaired) electrons. The molecule has 0 spiro atoms. The van der Waals surface area contributed by atoms with Crippen molar-refractivity contribution in [2.45, 2.75) is 32.4 Å². The van der Waals surface area contributed by atoms with E-state index in [2.05, 4.69) is 45.6 Å². The largest absolute Gasteiger partial charge is 0.497 e. The molecule has 2 aromatic carbocycles. The number of likely N-dealkylation sites (tertiary alicyclic amines) is 1. The lowest BCUT2D eigenvalue weighted by atomic mass is 10.0. The van der Waals surface area contributed by atoms with Gasteiger partial charge < -0.3 is 14.0 Å². The summed E-state index contributed by atoms with van der Waals surface area (Å²) in [4.78, 5) is 7.07. The molecule has 27 heavy (non-hydrogen) atoms.